The predicted molar refractivity (Wildman–Crippen MR) is 97.2 cm³/mol. The molecule has 122 valence electrons. The van der Waals surface area contributed by atoms with Crippen molar-refractivity contribution in [2.75, 3.05) is 13.2 Å². The fraction of sp³-hybridized carbons (Fsp3) is 0.143. The van der Waals surface area contributed by atoms with Crippen LogP contribution in [0.25, 0.3) is 11.1 Å². The van der Waals surface area contributed by atoms with E-state index < -0.39 is 0 Å². The first-order chi connectivity index (χ1) is 11.9. The van der Waals surface area contributed by atoms with Crippen molar-refractivity contribution in [3.8, 4) is 22.6 Å². The van der Waals surface area contributed by atoms with Crippen molar-refractivity contribution in [1.82, 2.24) is 0 Å². The first kappa shape index (κ1) is 16.1. The number of rotatable bonds is 7. The summed E-state index contributed by atoms with van der Waals surface area (Å²) in [7, 11) is 0. The van der Waals surface area contributed by atoms with Gasteiger partial charge in [-0.2, -0.15) is 0 Å². The molecule has 0 atom stereocenters. The standard InChI is InChI=1S/C21H21NO2/c22-16-17-7-6-10-19(15-17)23-13-14-24-21-12-5-4-11-20(21)18-8-2-1-3-9-18/h1-12,15H,13-14,16,22H2. The van der Waals surface area contributed by atoms with Crippen molar-refractivity contribution >= 4 is 0 Å². The number of ether oxygens (including phenoxy) is 2. The van der Waals surface area contributed by atoms with Gasteiger partial charge in [-0.3, -0.25) is 0 Å². The van der Waals surface area contributed by atoms with Crippen LogP contribution in [0, 0.1) is 0 Å². The molecular weight excluding hydrogens is 298 g/mol. The van der Waals surface area contributed by atoms with E-state index in [1.165, 1.54) is 0 Å². The van der Waals surface area contributed by atoms with Gasteiger partial charge in [-0.1, -0.05) is 60.7 Å². The normalized spacial score (nSPS) is 10.4. The zero-order chi connectivity index (χ0) is 16.6. The Labute approximate surface area is 142 Å². The highest BCUT2D eigenvalue weighted by Crippen LogP contribution is 2.29. The number of para-hydroxylation sites is 1. The molecule has 3 nitrogen and oxygen atoms in total. The van der Waals surface area contributed by atoms with Gasteiger partial charge in [0.2, 0.25) is 0 Å². The van der Waals surface area contributed by atoms with Gasteiger partial charge in [-0.05, 0) is 29.3 Å². The van der Waals surface area contributed by atoms with Crippen LogP contribution in [-0.2, 0) is 6.54 Å². The third kappa shape index (κ3) is 4.15. The highest BCUT2D eigenvalue weighted by Gasteiger charge is 2.05. The Kier molecular flexibility index (Phi) is 5.48. The van der Waals surface area contributed by atoms with Crippen LogP contribution in [0.1, 0.15) is 5.56 Å². The summed E-state index contributed by atoms with van der Waals surface area (Å²) in [6.45, 7) is 1.48. The summed E-state index contributed by atoms with van der Waals surface area (Å²) in [5, 5.41) is 0. The summed E-state index contributed by atoms with van der Waals surface area (Å²) in [5.41, 5.74) is 8.93. The second-order valence-corrected chi connectivity index (χ2v) is 5.41. The molecule has 24 heavy (non-hydrogen) atoms. The van der Waals surface area contributed by atoms with Gasteiger partial charge in [0.05, 0.1) is 0 Å². The first-order valence-corrected chi connectivity index (χ1v) is 8.06. The Bertz CT molecular complexity index is 772. The van der Waals surface area contributed by atoms with Crippen LogP contribution in [0.5, 0.6) is 11.5 Å². The van der Waals surface area contributed by atoms with Gasteiger partial charge in [-0.25, -0.2) is 0 Å². The van der Waals surface area contributed by atoms with Gasteiger partial charge >= 0.3 is 0 Å². The van der Waals surface area contributed by atoms with Crippen molar-refractivity contribution < 1.29 is 9.47 Å². The highest BCUT2D eigenvalue weighted by atomic mass is 16.5. The maximum absolute atomic E-state index is 5.92. The monoisotopic (exact) mass is 319 g/mol. The highest BCUT2D eigenvalue weighted by molar-refractivity contribution is 5.70. The molecule has 0 spiro atoms. The molecule has 0 aliphatic rings. The van der Waals surface area contributed by atoms with Crippen molar-refractivity contribution in [3.63, 3.8) is 0 Å². The number of benzene rings is 3. The SMILES string of the molecule is NCc1cccc(OCCOc2ccccc2-c2ccccc2)c1. The molecule has 0 unspecified atom stereocenters. The molecule has 2 N–H and O–H groups in total. The van der Waals surface area contributed by atoms with Crippen molar-refractivity contribution in [1.29, 1.82) is 0 Å². The van der Waals surface area contributed by atoms with E-state index in [0.29, 0.717) is 19.8 Å². The van der Waals surface area contributed by atoms with Gasteiger partial charge in [0.15, 0.2) is 0 Å². The van der Waals surface area contributed by atoms with Crippen LogP contribution in [0.15, 0.2) is 78.9 Å². The van der Waals surface area contributed by atoms with E-state index in [9.17, 15) is 0 Å². The van der Waals surface area contributed by atoms with E-state index in [4.69, 9.17) is 15.2 Å². The third-order valence-corrected chi connectivity index (χ3v) is 3.72. The molecule has 0 amide bonds. The molecule has 0 aliphatic heterocycles. The van der Waals surface area contributed by atoms with Gasteiger partial charge in [-0.15, -0.1) is 0 Å². The van der Waals surface area contributed by atoms with Crippen molar-refractivity contribution in [3.05, 3.63) is 84.4 Å². The van der Waals surface area contributed by atoms with Crippen LogP contribution in [0.2, 0.25) is 0 Å². The number of hydrogen-bond acceptors (Lipinski definition) is 3. The Morgan fingerprint density at radius 3 is 2.29 bits per heavy atom. The molecule has 0 radical (unpaired) electrons. The second kappa shape index (κ2) is 8.18. The molecular formula is C21H21NO2. The molecule has 0 fully saturated rings. The van der Waals surface area contributed by atoms with Crippen LogP contribution in [0.3, 0.4) is 0 Å². The minimum absolute atomic E-state index is 0.483. The van der Waals surface area contributed by atoms with Gasteiger partial charge < -0.3 is 15.2 Å². The van der Waals surface area contributed by atoms with E-state index in [2.05, 4.69) is 18.2 Å². The van der Waals surface area contributed by atoms with E-state index in [-0.39, 0.29) is 0 Å². The molecule has 0 bridgehead atoms. The van der Waals surface area contributed by atoms with E-state index in [1.54, 1.807) is 0 Å². The molecule has 3 heteroatoms. The summed E-state index contributed by atoms with van der Waals surface area (Å²) in [5.74, 6) is 1.68. The maximum atomic E-state index is 5.92. The summed E-state index contributed by atoms with van der Waals surface area (Å²) in [6.07, 6.45) is 0. The fourth-order valence-corrected chi connectivity index (χ4v) is 2.52. The molecule has 3 aromatic rings. The van der Waals surface area contributed by atoms with Crippen LogP contribution < -0.4 is 15.2 Å². The Balaban J connectivity index is 1.59. The second-order valence-electron chi connectivity index (χ2n) is 5.41. The zero-order valence-corrected chi connectivity index (χ0v) is 13.5. The first-order valence-electron chi connectivity index (χ1n) is 8.06. The zero-order valence-electron chi connectivity index (χ0n) is 13.5. The molecule has 0 heterocycles. The Hall–Kier alpha value is -2.78. The lowest BCUT2D eigenvalue weighted by Crippen LogP contribution is -2.09. The molecule has 3 rings (SSSR count). The lowest BCUT2D eigenvalue weighted by molar-refractivity contribution is 0.217. The average Bonchev–Trinajstić information content (AvgIpc) is 2.66. The number of hydrogen-bond donors (Lipinski definition) is 1. The van der Waals surface area contributed by atoms with E-state index >= 15 is 0 Å². The third-order valence-electron chi connectivity index (χ3n) is 3.72. The van der Waals surface area contributed by atoms with Gasteiger partial charge in [0.1, 0.15) is 24.7 Å². The lowest BCUT2D eigenvalue weighted by Gasteiger charge is -2.12. The predicted octanol–water partition coefficient (Wildman–Crippen LogP) is 4.27. The minimum Gasteiger partial charge on any atom is -0.490 e. The van der Waals surface area contributed by atoms with Crippen LogP contribution in [-0.4, -0.2) is 13.2 Å². The number of nitrogens with two attached hydrogens (primary N) is 1. The molecule has 0 aliphatic carbocycles. The molecule has 3 aromatic carbocycles. The van der Waals surface area contributed by atoms with Gasteiger partial charge in [0, 0.05) is 12.1 Å². The Morgan fingerprint density at radius 2 is 1.46 bits per heavy atom. The van der Waals surface area contributed by atoms with E-state index in [0.717, 1.165) is 28.2 Å². The van der Waals surface area contributed by atoms with Crippen molar-refractivity contribution in [2.45, 2.75) is 6.54 Å². The van der Waals surface area contributed by atoms with Crippen LogP contribution in [0.4, 0.5) is 0 Å². The maximum Gasteiger partial charge on any atom is 0.127 e. The molecule has 0 saturated heterocycles. The topological polar surface area (TPSA) is 44.5 Å². The molecule has 0 saturated carbocycles. The van der Waals surface area contributed by atoms with E-state index in [1.807, 2.05) is 60.7 Å². The van der Waals surface area contributed by atoms with Crippen molar-refractivity contribution in [2.24, 2.45) is 5.73 Å². The van der Waals surface area contributed by atoms with Crippen LogP contribution >= 0.6 is 0 Å². The lowest BCUT2D eigenvalue weighted by atomic mass is 10.1. The minimum atomic E-state index is 0.483. The summed E-state index contributed by atoms with van der Waals surface area (Å²) >= 11 is 0. The average molecular weight is 319 g/mol. The Morgan fingerprint density at radius 1 is 0.708 bits per heavy atom. The van der Waals surface area contributed by atoms with Gasteiger partial charge in [0.25, 0.3) is 0 Å². The quantitative estimate of drug-likeness (QED) is 0.661. The largest absolute Gasteiger partial charge is 0.490 e. The fourth-order valence-electron chi connectivity index (χ4n) is 2.52. The summed E-state index contributed by atoms with van der Waals surface area (Å²) < 4.78 is 11.7. The summed E-state index contributed by atoms with van der Waals surface area (Å²) in [6, 6.07) is 26.1. The summed E-state index contributed by atoms with van der Waals surface area (Å²) in [4.78, 5) is 0. The smallest absolute Gasteiger partial charge is 0.127 e. The molecule has 0 aromatic heterocycles.